The van der Waals surface area contributed by atoms with Gasteiger partial charge in [-0.05, 0) is 77.9 Å². The summed E-state index contributed by atoms with van der Waals surface area (Å²) >= 11 is 0. The summed E-state index contributed by atoms with van der Waals surface area (Å²) < 4.78 is 2.61. The number of carbonyl (C=O) groups excluding carboxylic acids is 1. The summed E-state index contributed by atoms with van der Waals surface area (Å²) in [6.45, 7) is 13.5. The summed E-state index contributed by atoms with van der Waals surface area (Å²) in [5.41, 5.74) is 11.4. The van der Waals surface area contributed by atoms with Gasteiger partial charge in [-0.1, -0.05) is 134 Å². The number of urea groups is 1. The van der Waals surface area contributed by atoms with Crippen LogP contribution in [0.1, 0.15) is 58.2 Å². The third-order valence-corrected chi connectivity index (χ3v) is 9.86. The topological polar surface area (TPSA) is 99.6 Å². The molecule has 1 aliphatic rings. The molecule has 2 amide bonds. The molecule has 0 aliphatic carbocycles. The largest absolute Gasteiger partial charge is 0.539 e. The fourth-order valence-electron chi connectivity index (χ4n) is 6.84. The molecule has 52 heavy (non-hydrogen) atoms. The number of amides is 2. The molecule has 1 aliphatic heterocycles. The predicted molar refractivity (Wildman–Crippen MR) is 208 cm³/mol. The van der Waals surface area contributed by atoms with Gasteiger partial charge in [0, 0.05) is 25.2 Å². The summed E-state index contributed by atoms with van der Waals surface area (Å²) in [4.78, 5) is 24.5. The summed E-state index contributed by atoms with van der Waals surface area (Å²) in [6.07, 6.45) is 0. The Balaban J connectivity index is 1.49. The Bertz CT molecular complexity index is 2460. The molecule has 5 aromatic carbocycles. The number of carbonyl (C=O) groups is 1. The van der Waals surface area contributed by atoms with Crippen LogP contribution >= 0.6 is 0 Å². The highest BCUT2D eigenvalue weighted by Crippen LogP contribution is 2.46. The zero-order valence-electron chi connectivity index (χ0n) is 31.5. The van der Waals surface area contributed by atoms with Gasteiger partial charge in [-0.2, -0.15) is 4.79 Å². The lowest BCUT2D eigenvalue weighted by molar-refractivity contribution is -0.749. The van der Waals surface area contributed by atoms with Crippen LogP contribution in [0.5, 0.6) is 0 Å². The van der Waals surface area contributed by atoms with Crippen LogP contribution in [0.3, 0.4) is 0 Å². The number of hydrogen-bond acceptors (Lipinski definition) is 6. The van der Waals surface area contributed by atoms with Crippen LogP contribution in [0.15, 0.2) is 94.8 Å². The van der Waals surface area contributed by atoms with E-state index in [-0.39, 0.29) is 22.6 Å². The maximum absolute atomic E-state index is 12.3. The molecule has 0 bridgehead atoms. The average Bonchev–Trinajstić information content (AvgIpc) is 3.10. The summed E-state index contributed by atoms with van der Waals surface area (Å²) in [5.74, 6) is 1.08. The number of rotatable bonds is 4. The van der Waals surface area contributed by atoms with Crippen molar-refractivity contribution in [2.24, 2.45) is 19.2 Å². The van der Waals surface area contributed by atoms with Gasteiger partial charge in [-0.3, -0.25) is 5.43 Å². The minimum atomic E-state index is -0.284. The van der Waals surface area contributed by atoms with E-state index in [1.807, 2.05) is 12.1 Å². The highest BCUT2D eigenvalue weighted by molar-refractivity contribution is 6.21. The second kappa shape index (κ2) is 12.4. The molecular formula is C42H45N8O2+. The van der Waals surface area contributed by atoms with Crippen molar-refractivity contribution >= 4 is 33.4 Å². The van der Waals surface area contributed by atoms with Crippen molar-refractivity contribution in [2.45, 2.75) is 52.4 Å². The maximum atomic E-state index is 12.3. The number of amidine groups is 1. The number of aromatic nitrogens is 4. The van der Waals surface area contributed by atoms with E-state index >= 15 is 0 Å². The molecule has 7 rings (SSSR count). The molecule has 0 saturated carbocycles. The Hall–Kier alpha value is -5.90. The summed E-state index contributed by atoms with van der Waals surface area (Å²) in [6, 6.07) is 30.3. The third kappa shape index (κ3) is 6.08. The molecule has 0 atom stereocenters. The number of fused-ring (bicyclic) bond motifs is 2. The monoisotopic (exact) mass is 693 g/mol. The zero-order valence-corrected chi connectivity index (χ0v) is 31.5. The normalized spacial score (nSPS) is 13.9. The molecule has 0 fully saturated rings. The second-order valence-electron chi connectivity index (χ2n) is 15.7. The van der Waals surface area contributed by atoms with E-state index in [9.17, 15) is 9.59 Å². The number of hydrazone groups is 1. The number of nitrogens with one attached hydrogen (secondary N) is 1. The molecule has 0 spiro atoms. The fourth-order valence-corrected chi connectivity index (χ4v) is 6.84. The number of aryl methyl sites for hydroxylation is 2. The molecule has 1 aromatic heterocycles. The van der Waals surface area contributed by atoms with Gasteiger partial charge in [0.05, 0.1) is 0 Å². The SMILES string of the molecule is CN1N=C(c2ccc(-c3c4ccc(C(C)(C)C)cc4c(-c4ccc(-c5nn(C)c(=O)[n+](C)n5)cc4)c4ccc(C(C)(C)C)cc34)cc2)NN(C)C1=O. The van der Waals surface area contributed by atoms with Crippen molar-refractivity contribution in [3.63, 3.8) is 0 Å². The average molecular weight is 694 g/mol. The molecule has 10 heteroatoms. The maximum Gasteiger partial charge on any atom is 0.539 e. The van der Waals surface area contributed by atoms with Crippen LogP contribution in [0.2, 0.25) is 0 Å². The van der Waals surface area contributed by atoms with Crippen molar-refractivity contribution in [3.8, 4) is 33.6 Å². The van der Waals surface area contributed by atoms with Crippen molar-refractivity contribution in [1.82, 2.24) is 30.3 Å². The van der Waals surface area contributed by atoms with Crippen LogP contribution < -0.4 is 15.8 Å². The zero-order chi connectivity index (χ0) is 37.3. The first-order chi connectivity index (χ1) is 24.5. The lowest BCUT2D eigenvalue weighted by Crippen LogP contribution is -2.54. The Morgan fingerprint density at radius 1 is 0.615 bits per heavy atom. The van der Waals surface area contributed by atoms with E-state index in [1.165, 1.54) is 41.3 Å². The highest BCUT2D eigenvalue weighted by Gasteiger charge is 2.25. The smallest absolute Gasteiger partial charge is 0.276 e. The van der Waals surface area contributed by atoms with Gasteiger partial charge in [0.25, 0.3) is 0 Å². The third-order valence-electron chi connectivity index (χ3n) is 9.86. The van der Waals surface area contributed by atoms with E-state index in [4.69, 9.17) is 0 Å². The second-order valence-corrected chi connectivity index (χ2v) is 15.7. The number of hydrogen-bond donors (Lipinski definition) is 1. The summed E-state index contributed by atoms with van der Waals surface area (Å²) in [5, 5.41) is 20.7. The Morgan fingerprint density at radius 3 is 1.52 bits per heavy atom. The lowest BCUT2D eigenvalue weighted by Gasteiger charge is -2.29. The van der Waals surface area contributed by atoms with Crippen molar-refractivity contribution in [2.75, 3.05) is 14.1 Å². The van der Waals surface area contributed by atoms with Crippen LogP contribution in [0.4, 0.5) is 4.79 Å². The molecular weight excluding hydrogens is 649 g/mol. The first kappa shape index (κ1) is 34.5. The van der Waals surface area contributed by atoms with Crippen LogP contribution in [-0.2, 0) is 24.9 Å². The fraction of sp³-hybridized carbons (Fsp3) is 0.286. The highest BCUT2D eigenvalue weighted by atomic mass is 16.2. The van der Waals surface area contributed by atoms with E-state index in [2.05, 4.69) is 135 Å². The number of benzene rings is 5. The Labute approximate surface area is 304 Å². The van der Waals surface area contributed by atoms with Crippen LogP contribution in [0, 0.1) is 0 Å². The summed E-state index contributed by atoms with van der Waals surface area (Å²) in [7, 11) is 6.61. The van der Waals surface area contributed by atoms with Gasteiger partial charge in [-0.15, -0.1) is 5.10 Å². The van der Waals surface area contributed by atoms with Gasteiger partial charge >= 0.3 is 11.7 Å². The molecule has 2 heterocycles. The minimum absolute atomic E-state index is 0.0611. The predicted octanol–water partition coefficient (Wildman–Crippen LogP) is 7.07. The molecule has 1 N–H and O–H groups in total. The van der Waals surface area contributed by atoms with E-state index in [0.717, 1.165) is 44.2 Å². The molecule has 6 aromatic rings. The van der Waals surface area contributed by atoms with E-state index < -0.39 is 0 Å². The van der Waals surface area contributed by atoms with Crippen molar-refractivity contribution < 1.29 is 9.48 Å². The van der Waals surface area contributed by atoms with E-state index in [0.29, 0.717) is 11.7 Å². The van der Waals surface area contributed by atoms with Crippen LogP contribution in [-0.4, -0.2) is 50.9 Å². The lowest BCUT2D eigenvalue weighted by atomic mass is 9.79. The van der Waals surface area contributed by atoms with Gasteiger partial charge in [0.2, 0.25) is 5.82 Å². The first-order valence-electron chi connectivity index (χ1n) is 17.5. The first-order valence-corrected chi connectivity index (χ1v) is 17.5. The molecule has 0 unspecified atom stereocenters. The van der Waals surface area contributed by atoms with Gasteiger partial charge in [0.15, 0.2) is 5.84 Å². The molecule has 10 nitrogen and oxygen atoms in total. The Kier molecular flexibility index (Phi) is 8.24. The van der Waals surface area contributed by atoms with Crippen molar-refractivity contribution in [1.29, 1.82) is 0 Å². The van der Waals surface area contributed by atoms with Gasteiger partial charge < -0.3 is 0 Å². The number of nitrogens with zero attached hydrogens (tertiary/aromatic N) is 7. The van der Waals surface area contributed by atoms with Crippen LogP contribution in [0.25, 0.3) is 55.2 Å². The molecule has 0 saturated heterocycles. The number of hydrazine groups is 1. The molecule has 0 radical (unpaired) electrons. The Morgan fingerprint density at radius 2 is 1.08 bits per heavy atom. The standard InChI is InChI=1S/C42H45N8O2/c1-41(2,3)29-19-21-31-33(23-29)35(25-11-15-27(16-12-25)37-43-47(7)39(51)48(8)44-37)32-22-20-30(42(4,5)6)24-34(32)36(31)26-13-17-28(18-14-26)38-45-49(9)40(52)50(10)46-38/h11-24H,1-10H3,(H,43,44)/q+1. The molecule has 264 valence electrons. The minimum Gasteiger partial charge on any atom is -0.276 e. The van der Waals surface area contributed by atoms with Crippen molar-refractivity contribution in [3.05, 3.63) is 112 Å². The van der Waals surface area contributed by atoms with Gasteiger partial charge in [-0.25, -0.2) is 14.8 Å². The van der Waals surface area contributed by atoms with Gasteiger partial charge in [0.1, 0.15) is 14.1 Å². The van der Waals surface area contributed by atoms with E-state index in [1.54, 1.807) is 28.2 Å². The quantitative estimate of drug-likeness (QED) is 0.157.